The summed E-state index contributed by atoms with van der Waals surface area (Å²) in [6.45, 7) is -1.65. The van der Waals surface area contributed by atoms with Crippen molar-refractivity contribution < 1.29 is 45.2 Å². The number of hydrogen-bond donors (Lipinski definition) is 9. The molecule has 0 unspecified atom stereocenters. The van der Waals surface area contributed by atoms with Gasteiger partial charge in [-0.05, 0) is 0 Å². The highest BCUT2D eigenvalue weighted by Crippen LogP contribution is 2.24. The van der Waals surface area contributed by atoms with Crippen molar-refractivity contribution in [3.8, 4) is 0 Å². The minimum atomic E-state index is -1.70. The maximum absolute atomic E-state index is 9.89. The van der Waals surface area contributed by atoms with Gasteiger partial charge in [0.25, 0.3) is 0 Å². The Bertz CT molecular complexity index is 348. The SMILES string of the molecule is NC[C@H](O)[C@H](O[C@H]1O[C@@H](CO)[C@@H](O)[C@H](O)[C@@H]1O)[C@H](N)[C@H](O)CO. The highest BCUT2D eigenvalue weighted by atomic mass is 16.7. The normalized spacial score (nSPS) is 37.2. The summed E-state index contributed by atoms with van der Waals surface area (Å²) in [6.07, 6.45) is -11.8. The van der Waals surface area contributed by atoms with Gasteiger partial charge in [-0.2, -0.15) is 0 Å². The van der Waals surface area contributed by atoms with Crippen LogP contribution in [0, 0.1) is 0 Å². The molecule has 0 aromatic rings. The van der Waals surface area contributed by atoms with Crippen LogP contribution in [-0.4, -0.2) is 111 Å². The molecule has 0 spiro atoms. The van der Waals surface area contributed by atoms with Gasteiger partial charge >= 0.3 is 0 Å². The van der Waals surface area contributed by atoms with Crippen LogP contribution in [0.5, 0.6) is 0 Å². The van der Waals surface area contributed by atoms with Crippen LogP contribution in [0.3, 0.4) is 0 Å². The van der Waals surface area contributed by atoms with Gasteiger partial charge in [0, 0.05) is 6.54 Å². The predicted molar refractivity (Wildman–Crippen MR) is 74.8 cm³/mol. The molecular weight excluding hydrogens is 316 g/mol. The number of ether oxygens (including phenoxy) is 2. The van der Waals surface area contributed by atoms with Gasteiger partial charge in [-0.15, -0.1) is 0 Å². The Hall–Kier alpha value is -0.440. The van der Waals surface area contributed by atoms with Crippen molar-refractivity contribution in [2.45, 2.75) is 55.1 Å². The first-order chi connectivity index (χ1) is 10.8. The first kappa shape index (κ1) is 20.6. The smallest absolute Gasteiger partial charge is 0.187 e. The van der Waals surface area contributed by atoms with Crippen LogP contribution in [0.25, 0.3) is 0 Å². The molecule has 0 amide bonds. The van der Waals surface area contributed by atoms with Crippen LogP contribution in [0.4, 0.5) is 0 Å². The fourth-order valence-electron chi connectivity index (χ4n) is 2.25. The van der Waals surface area contributed by atoms with Crippen molar-refractivity contribution >= 4 is 0 Å². The summed E-state index contributed by atoms with van der Waals surface area (Å²) in [5.74, 6) is 0. The summed E-state index contributed by atoms with van der Waals surface area (Å²) in [6, 6.07) is -1.27. The molecule has 0 aliphatic carbocycles. The highest BCUT2D eigenvalue weighted by molar-refractivity contribution is 4.92. The molecule has 1 heterocycles. The lowest BCUT2D eigenvalue weighted by Crippen LogP contribution is -2.62. The van der Waals surface area contributed by atoms with E-state index in [-0.39, 0.29) is 6.54 Å². The zero-order valence-corrected chi connectivity index (χ0v) is 12.4. The van der Waals surface area contributed by atoms with Gasteiger partial charge in [0.2, 0.25) is 0 Å². The third-order valence-corrected chi connectivity index (χ3v) is 3.77. The minimum Gasteiger partial charge on any atom is -0.394 e. The first-order valence-electron chi connectivity index (χ1n) is 7.17. The van der Waals surface area contributed by atoms with E-state index in [4.69, 9.17) is 31.2 Å². The van der Waals surface area contributed by atoms with Gasteiger partial charge in [-0.1, -0.05) is 0 Å². The summed E-state index contributed by atoms with van der Waals surface area (Å²) in [5.41, 5.74) is 11.0. The Balaban J connectivity index is 2.89. The van der Waals surface area contributed by atoms with E-state index in [0.29, 0.717) is 0 Å². The van der Waals surface area contributed by atoms with Crippen LogP contribution in [-0.2, 0) is 9.47 Å². The van der Waals surface area contributed by atoms with Crippen molar-refractivity contribution in [3.63, 3.8) is 0 Å². The molecular formula is C12H26N2O9. The number of rotatable bonds is 8. The van der Waals surface area contributed by atoms with Gasteiger partial charge < -0.3 is 56.7 Å². The van der Waals surface area contributed by atoms with Crippen molar-refractivity contribution in [2.24, 2.45) is 11.5 Å². The topological polar surface area (TPSA) is 212 Å². The molecule has 1 rings (SSSR count). The average molecular weight is 342 g/mol. The molecule has 1 aliphatic rings. The van der Waals surface area contributed by atoms with Gasteiger partial charge in [-0.25, -0.2) is 0 Å². The summed E-state index contributed by atoms with van der Waals surface area (Å²) in [4.78, 5) is 0. The second-order valence-electron chi connectivity index (χ2n) is 5.43. The van der Waals surface area contributed by atoms with Crippen LogP contribution in [0.1, 0.15) is 0 Å². The van der Waals surface area contributed by atoms with E-state index in [0.717, 1.165) is 0 Å². The number of hydrogen-bond acceptors (Lipinski definition) is 11. The highest BCUT2D eigenvalue weighted by Gasteiger charge is 2.46. The number of aliphatic hydroxyl groups is 7. The Morgan fingerprint density at radius 1 is 1.00 bits per heavy atom. The average Bonchev–Trinajstić information content (AvgIpc) is 2.57. The van der Waals surface area contributed by atoms with Crippen LogP contribution in [0.15, 0.2) is 0 Å². The van der Waals surface area contributed by atoms with Crippen molar-refractivity contribution in [1.29, 1.82) is 0 Å². The van der Waals surface area contributed by atoms with Crippen molar-refractivity contribution in [1.82, 2.24) is 0 Å². The second kappa shape index (κ2) is 9.15. The minimum absolute atomic E-state index is 0.298. The molecule has 0 radical (unpaired) electrons. The van der Waals surface area contributed by atoms with Gasteiger partial charge in [0.1, 0.15) is 30.5 Å². The first-order valence-corrected chi connectivity index (χ1v) is 7.17. The second-order valence-corrected chi connectivity index (χ2v) is 5.43. The van der Waals surface area contributed by atoms with E-state index in [1.54, 1.807) is 0 Å². The van der Waals surface area contributed by atoms with E-state index in [2.05, 4.69) is 0 Å². The maximum atomic E-state index is 9.89. The fourth-order valence-corrected chi connectivity index (χ4v) is 2.25. The van der Waals surface area contributed by atoms with E-state index in [1.807, 2.05) is 0 Å². The molecule has 23 heavy (non-hydrogen) atoms. The summed E-state index contributed by atoms with van der Waals surface area (Å²) < 4.78 is 10.4. The monoisotopic (exact) mass is 342 g/mol. The van der Waals surface area contributed by atoms with Gasteiger partial charge in [-0.3, -0.25) is 0 Å². The lowest BCUT2D eigenvalue weighted by molar-refractivity contribution is -0.319. The molecule has 1 aliphatic heterocycles. The third-order valence-electron chi connectivity index (χ3n) is 3.77. The van der Waals surface area contributed by atoms with Crippen LogP contribution < -0.4 is 11.5 Å². The van der Waals surface area contributed by atoms with Crippen molar-refractivity contribution in [2.75, 3.05) is 19.8 Å². The predicted octanol–water partition coefficient (Wildman–Crippen LogP) is -5.83. The number of aliphatic hydroxyl groups excluding tert-OH is 7. The zero-order valence-electron chi connectivity index (χ0n) is 12.4. The van der Waals surface area contributed by atoms with Gasteiger partial charge in [0.05, 0.1) is 31.5 Å². The molecule has 1 fully saturated rings. The quantitative estimate of drug-likeness (QED) is 0.202. The van der Waals surface area contributed by atoms with Crippen LogP contribution in [0.2, 0.25) is 0 Å². The zero-order chi connectivity index (χ0) is 17.7. The lowest BCUT2D eigenvalue weighted by atomic mass is 9.98. The standard InChI is InChI=1S/C12H26N2O9/c13-1-4(17)11(7(14)5(18)2-15)23-12-10(21)9(20)8(19)6(3-16)22-12/h4-12,15-21H,1-3,13-14H2/t4-,5+,6-,7+,8+,9-,10-,11-,12+/m0/s1. The van der Waals surface area contributed by atoms with Crippen molar-refractivity contribution in [3.05, 3.63) is 0 Å². The molecule has 11 heteroatoms. The molecule has 11 nitrogen and oxygen atoms in total. The van der Waals surface area contributed by atoms with E-state index in [9.17, 15) is 25.5 Å². The summed E-state index contributed by atoms with van der Waals surface area (Å²) in [5, 5.41) is 66.8. The molecule has 0 aromatic carbocycles. The van der Waals surface area contributed by atoms with Crippen LogP contribution >= 0.6 is 0 Å². The molecule has 9 atom stereocenters. The molecule has 11 N–H and O–H groups in total. The fraction of sp³-hybridized carbons (Fsp3) is 1.00. The summed E-state index contributed by atoms with van der Waals surface area (Å²) >= 11 is 0. The molecule has 0 bridgehead atoms. The summed E-state index contributed by atoms with van der Waals surface area (Å²) in [7, 11) is 0. The molecule has 0 aromatic heterocycles. The van der Waals surface area contributed by atoms with E-state index < -0.39 is 68.3 Å². The largest absolute Gasteiger partial charge is 0.394 e. The molecule has 138 valence electrons. The molecule has 0 saturated carbocycles. The number of nitrogens with two attached hydrogens (primary N) is 2. The lowest BCUT2D eigenvalue weighted by Gasteiger charge is -2.42. The van der Waals surface area contributed by atoms with Gasteiger partial charge in [0.15, 0.2) is 6.29 Å². The maximum Gasteiger partial charge on any atom is 0.187 e. The third kappa shape index (κ3) is 4.78. The Kier molecular flexibility index (Phi) is 8.20. The van der Waals surface area contributed by atoms with E-state index >= 15 is 0 Å². The van der Waals surface area contributed by atoms with E-state index in [1.165, 1.54) is 0 Å². The Labute approximate surface area is 132 Å². The Morgan fingerprint density at radius 2 is 1.61 bits per heavy atom. The molecule has 1 saturated heterocycles. The Morgan fingerprint density at radius 3 is 2.09 bits per heavy atom.